The Morgan fingerprint density at radius 3 is 2.83 bits per heavy atom. The van der Waals surface area contributed by atoms with Crippen LogP contribution in [-0.4, -0.2) is 24.1 Å². The van der Waals surface area contributed by atoms with E-state index >= 15 is 0 Å². The minimum absolute atomic E-state index is 0.157. The Hall–Kier alpha value is -2.87. The van der Waals surface area contributed by atoms with Crippen molar-refractivity contribution >= 4 is 21.7 Å². The monoisotopic (exact) mass is 339 g/mol. The van der Waals surface area contributed by atoms with Gasteiger partial charge in [-0.2, -0.15) is 9.36 Å². The molecule has 0 fully saturated rings. The summed E-state index contributed by atoms with van der Waals surface area (Å²) in [6, 6.07) is 9.71. The van der Waals surface area contributed by atoms with Crippen LogP contribution in [0.2, 0.25) is 0 Å². The van der Waals surface area contributed by atoms with Crippen LogP contribution in [0.3, 0.4) is 0 Å². The summed E-state index contributed by atoms with van der Waals surface area (Å²) in [5.74, 6) is 1.01. The van der Waals surface area contributed by atoms with Gasteiger partial charge in [0.25, 0.3) is 5.56 Å². The first kappa shape index (κ1) is 14.7. The van der Waals surface area contributed by atoms with Gasteiger partial charge < -0.3 is 4.52 Å². The lowest BCUT2D eigenvalue weighted by Crippen LogP contribution is -2.20. The normalized spacial score (nSPS) is 11.2. The Kier molecular flexibility index (Phi) is 3.66. The molecule has 0 saturated heterocycles. The first-order valence-electron chi connectivity index (χ1n) is 7.48. The molecule has 0 aliphatic rings. The van der Waals surface area contributed by atoms with Crippen molar-refractivity contribution in [1.29, 1.82) is 0 Å². The van der Waals surface area contributed by atoms with E-state index in [0.29, 0.717) is 28.4 Å². The van der Waals surface area contributed by atoms with Gasteiger partial charge in [0.15, 0.2) is 5.82 Å². The van der Waals surface area contributed by atoms with Crippen LogP contribution in [0.1, 0.15) is 18.6 Å². The van der Waals surface area contributed by atoms with Gasteiger partial charge in [-0.1, -0.05) is 42.4 Å². The van der Waals surface area contributed by atoms with Crippen molar-refractivity contribution in [1.82, 2.24) is 24.1 Å². The summed E-state index contributed by atoms with van der Waals surface area (Å²) in [7, 11) is 0. The van der Waals surface area contributed by atoms with E-state index < -0.39 is 0 Å². The summed E-state index contributed by atoms with van der Waals surface area (Å²) in [6.45, 7) is 2.14. The molecule has 3 heterocycles. The predicted octanol–water partition coefficient (Wildman–Crippen LogP) is 2.51. The van der Waals surface area contributed by atoms with Crippen molar-refractivity contribution in [2.75, 3.05) is 0 Å². The first-order valence-corrected chi connectivity index (χ1v) is 8.25. The molecule has 8 heteroatoms. The standard InChI is InChI=1S/C16H13N5O2S/c1-2-11-18-12(23-19-11)8-21-9-17-14-13(10-6-4-3-5-7-10)20-24-15(14)16(21)22/h3-7,9H,2,8H2,1H3. The molecular formula is C16H13N5O2S. The minimum Gasteiger partial charge on any atom is -0.337 e. The van der Waals surface area contributed by atoms with Crippen LogP contribution >= 0.6 is 11.5 Å². The van der Waals surface area contributed by atoms with Crippen LogP contribution in [0.15, 0.2) is 46.0 Å². The van der Waals surface area contributed by atoms with Crippen LogP contribution < -0.4 is 5.56 Å². The maximum Gasteiger partial charge on any atom is 0.273 e. The van der Waals surface area contributed by atoms with Crippen molar-refractivity contribution in [3.63, 3.8) is 0 Å². The van der Waals surface area contributed by atoms with Gasteiger partial charge in [0, 0.05) is 12.0 Å². The quantitative estimate of drug-likeness (QED) is 0.568. The highest BCUT2D eigenvalue weighted by Gasteiger charge is 2.15. The zero-order valence-corrected chi connectivity index (χ0v) is 13.7. The molecule has 3 aromatic heterocycles. The average Bonchev–Trinajstić information content (AvgIpc) is 3.25. The molecule has 0 aliphatic heterocycles. The van der Waals surface area contributed by atoms with Crippen molar-refractivity contribution in [2.24, 2.45) is 0 Å². The van der Waals surface area contributed by atoms with E-state index in [-0.39, 0.29) is 12.1 Å². The Morgan fingerprint density at radius 2 is 2.08 bits per heavy atom. The molecular weight excluding hydrogens is 326 g/mol. The number of fused-ring (bicyclic) bond motifs is 1. The van der Waals surface area contributed by atoms with Crippen molar-refractivity contribution in [2.45, 2.75) is 19.9 Å². The van der Waals surface area contributed by atoms with Gasteiger partial charge in [0.1, 0.15) is 22.5 Å². The van der Waals surface area contributed by atoms with Gasteiger partial charge in [-0.05, 0) is 11.5 Å². The Labute approximate surface area is 140 Å². The van der Waals surface area contributed by atoms with Gasteiger partial charge in [-0.3, -0.25) is 9.36 Å². The summed E-state index contributed by atoms with van der Waals surface area (Å²) >= 11 is 1.16. The smallest absolute Gasteiger partial charge is 0.273 e. The maximum absolute atomic E-state index is 12.7. The van der Waals surface area contributed by atoms with Crippen LogP contribution in [-0.2, 0) is 13.0 Å². The molecule has 24 heavy (non-hydrogen) atoms. The lowest BCUT2D eigenvalue weighted by molar-refractivity contribution is 0.365. The third-order valence-corrected chi connectivity index (χ3v) is 4.45. The molecule has 120 valence electrons. The number of aromatic nitrogens is 5. The van der Waals surface area contributed by atoms with Crippen molar-refractivity contribution in [3.8, 4) is 11.3 Å². The Morgan fingerprint density at radius 1 is 1.25 bits per heavy atom. The zero-order chi connectivity index (χ0) is 16.5. The topological polar surface area (TPSA) is 86.7 Å². The van der Waals surface area contributed by atoms with Gasteiger partial charge >= 0.3 is 0 Å². The second-order valence-electron chi connectivity index (χ2n) is 5.21. The highest BCUT2D eigenvalue weighted by atomic mass is 32.1. The Bertz CT molecular complexity index is 1050. The molecule has 0 radical (unpaired) electrons. The fourth-order valence-corrected chi connectivity index (χ4v) is 3.20. The van der Waals surface area contributed by atoms with E-state index in [0.717, 1.165) is 22.8 Å². The number of rotatable bonds is 4. The van der Waals surface area contributed by atoms with Gasteiger partial charge in [-0.15, -0.1) is 0 Å². The number of hydrogen-bond acceptors (Lipinski definition) is 7. The van der Waals surface area contributed by atoms with E-state index in [4.69, 9.17) is 4.52 Å². The first-order chi connectivity index (χ1) is 11.8. The molecule has 0 amide bonds. The minimum atomic E-state index is -0.157. The predicted molar refractivity (Wildman–Crippen MR) is 89.9 cm³/mol. The van der Waals surface area contributed by atoms with Gasteiger partial charge in [-0.25, -0.2) is 4.98 Å². The molecule has 7 nitrogen and oxygen atoms in total. The van der Waals surface area contributed by atoms with Crippen LogP contribution in [0.5, 0.6) is 0 Å². The van der Waals surface area contributed by atoms with Crippen LogP contribution in [0, 0.1) is 0 Å². The van der Waals surface area contributed by atoms with Crippen molar-refractivity contribution < 1.29 is 4.52 Å². The second kappa shape index (κ2) is 5.97. The fourth-order valence-electron chi connectivity index (χ4n) is 2.40. The number of aryl methyl sites for hydroxylation is 1. The highest BCUT2D eigenvalue weighted by Crippen LogP contribution is 2.26. The van der Waals surface area contributed by atoms with Crippen LogP contribution in [0.25, 0.3) is 21.5 Å². The summed E-state index contributed by atoms with van der Waals surface area (Å²) in [5.41, 5.74) is 2.13. The fraction of sp³-hybridized carbons (Fsp3) is 0.188. The third-order valence-electron chi connectivity index (χ3n) is 3.63. The van der Waals surface area contributed by atoms with Crippen LogP contribution in [0.4, 0.5) is 0 Å². The number of nitrogens with zero attached hydrogens (tertiary/aromatic N) is 5. The maximum atomic E-state index is 12.7. The number of benzene rings is 1. The molecule has 0 spiro atoms. The molecule has 1 aromatic carbocycles. The number of hydrogen-bond donors (Lipinski definition) is 0. The van der Waals surface area contributed by atoms with Gasteiger partial charge in [0.2, 0.25) is 5.89 Å². The lowest BCUT2D eigenvalue weighted by atomic mass is 10.1. The largest absolute Gasteiger partial charge is 0.337 e. The molecule has 0 unspecified atom stereocenters. The molecule has 0 atom stereocenters. The summed E-state index contributed by atoms with van der Waals surface area (Å²) < 4.78 is 11.5. The molecule has 0 saturated carbocycles. The highest BCUT2D eigenvalue weighted by molar-refractivity contribution is 7.13. The van der Waals surface area contributed by atoms with Crippen molar-refractivity contribution in [3.05, 3.63) is 58.7 Å². The van der Waals surface area contributed by atoms with Gasteiger partial charge in [0.05, 0.1) is 6.33 Å². The molecule has 0 N–H and O–H groups in total. The van der Waals surface area contributed by atoms with E-state index in [9.17, 15) is 4.79 Å². The summed E-state index contributed by atoms with van der Waals surface area (Å²) in [5, 5.41) is 3.83. The SMILES string of the molecule is CCc1noc(Cn2cnc3c(-c4ccccc4)nsc3c2=O)n1. The van der Waals surface area contributed by atoms with E-state index in [1.165, 1.54) is 10.9 Å². The third kappa shape index (κ3) is 2.50. The van der Waals surface area contributed by atoms with E-state index in [2.05, 4.69) is 19.5 Å². The molecule has 4 rings (SSSR count). The molecule has 4 aromatic rings. The zero-order valence-electron chi connectivity index (χ0n) is 12.8. The Balaban J connectivity index is 1.75. The summed E-state index contributed by atoms with van der Waals surface area (Å²) in [4.78, 5) is 21.3. The van der Waals surface area contributed by atoms with E-state index in [1.54, 1.807) is 0 Å². The second-order valence-corrected chi connectivity index (χ2v) is 5.98. The summed E-state index contributed by atoms with van der Waals surface area (Å²) in [6.07, 6.45) is 2.19. The molecule has 0 aliphatic carbocycles. The molecule has 0 bridgehead atoms. The average molecular weight is 339 g/mol. The van der Waals surface area contributed by atoms with E-state index in [1.807, 2.05) is 37.3 Å². The lowest BCUT2D eigenvalue weighted by Gasteiger charge is -2.01.